The maximum atomic E-state index is 12.9. The number of likely N-dealkylation sites (N-methyl/N-ethyl adjacent to an activating group) is 1. The quantitative estimate of drug-likeness (QED) is 0.644. The molecule has 2 heterocycles. The van der Waals surface area contributed by atoms with E-state index in [2.05, 4.69) is 21.9 Å². The lowest BCUT2D eigenvalue weighted by Gasteiger charge is -2.33. The van der Waals surface area contributed by atoms with E-state index < -0.39 is 12.2 Å². The van der Waals surface area contributed by atoms with E-state index in [4.69, 9.17) is 4.74 Å². The van der Waals surface area contributed by atoms with Crippen LogP contribution in [0, 0.1) is 0 Å². The zero-order valence-corrected chi connectivity index (χ0v) is 16.7. The topological polar surface area (TPSA) is 70.8 Å². The average Bonchev–Trinajstić information content (AvgIpc) is 3.12. The molecule has 2 atom stereocenters. The number of aliphatic hydroxyl groups is 1. The SMILES string of the molecule is CN1CCN(CC(O)COC(Cc2cnn(C)c2)C(=O)c2ccccc2)CC1. The largest absolute Gasteiger partial charge is 0.389 e. The molecule has 0 saturated carbocycles. The predicted octanol–water partition coefficient (Wildman–Crippen LogP) is 0.839. The number of piperazine rings is 1. The molecule has 0 spiro atoms. The molecule has 0 radical (unpaired) electrons. The number of hydrogen-bond acceptors (Lipinski definition) is 6. The van der Waals surface area contributed by atoms with Crippen molar-refractivity contribution >= 4 is 5.78 Å². The van der Waals surface area contributed by atoms with Gasteiger partial charge >= 0.3 is 0 Å². The maximum Gasteiger partial charge on any atom is 0.191 e. The number of ketones is 1. The van der Waals surface area contributed by atoms with Crippen molar-refractivity contribution in [3.63, 3.8) is 0 Å². The van der Waals surface area contributed by atoms with Gasteiger partial charge in [0.1, 0.15) is 6.10 Å². The van der Waals surface area contributed by atoms with E-state index in [0.29, 0.717) is 18.5 Å². The van der Waals surface area contributed by atoms with Crippen molar-refractivity contribution in [2.24, 2.45) is 7.05 Å². The Bertz CT molecular complexity index is 741. The Labute approximate surface area is 166 Å². The van der Waals surface area contributed by atoms with Crippen molar-refractivity contribution in [1.29, 1.82) is 0 Å². The number of benzene rings is 1. The number of aryl methyl sites for hydroxylation is 1. The summed E-state index contributed by atoms with van der Waals surface area (Å²) >= 11 is 0. The van der Waals surface area contributed by atoms with Crippen LogP contribution in [0.25, 0.3) is 0 Å². The summed E-state index contributed by atoms with van der Waals surface area (Å²) in [4.78, 5) is 17.5. The molecule has 152 valence electrons. The van der Waals surface area contributed by atoms with Crippen molar-refractivity contribution in [2.75, 3.05) is 46.4 Å². The van der Waals surface area contributed by atoms with E-state index >= 15 is 0 Å². The van der Waals surface area contributed by atoms with Gasteiger partial charge in [-0.3, -0.25) is 14.4 Å². The molecule has 1 aromatic heterocycles. The van der Waals surface area contributed by atoms with E-state index in [0.717, 1.165) is 31.7 Å². The van der Waals surface area contributed by atoms with Crippen molar-refractivity contribution in [3.05, 3.63) is 53.9 Å². The summed E-state index contributed by atoms with van der Waals surface area (Å²) in [5, 5.41) is 14.6. The second-order valence-electron chi connectivity index (χ2n) is 7.54. The van der Waals surface area contributed by atoms with Gasteiger partial charge < -0.3 is 14.7 Å². The Morgan fingerprint density at radius 2 is 1.89 bits per heavy atom. The molecule has 7 heteroatoms. The van der Waals surface area contributed by atoms with Crippen molar-refractivity contribution in [1.82, 2.24) is 19.6 Å². The minimum Gasteiger partial charge on any atom is -0.389 e. The first-order valence-corrected chi connectivity index (χ1v) is 9.78. The Balaban J connectivity index is 1.59. The lowest BCUT2D eigenvalue weighted by molar-refractivity contribution is -0.0174. The number of β-amino-alcohol motifs (C(OH)–C–C–N with tert-alkyl or cyclic N) is 1. The third kappa shape index (κ3) is 5.97. The molecule has 3 rings (SSSR count). The summed E-state index contributed by atoms with van der Waals surface area (Å²) in [6.45, 7) is 4.58. The average molecular weight is 386 g/mol. The van der Waals surface area contributed by atoms with Gasteiger partial charge in [-0.15, -0.1) is 0 Å². The van der Waals surface area contributed by atoms with Gasteiger partial charge in [0.05, 0.1) is 18.9 Å². The fourth-order valence-electron chi connectivity index (χ4n) is 3.42. The molecule has 28 heavy (non-hydrogen) atoms. The smallest absolute Gasteiger partial charge is 0.191 e. The monoisotopic (exact) mass is 386 g/mol. The Hall–Kier alpha value is -2.06. The molecule has 1 saturated heterocycles. The van der Waals surface area contributed by atoms with Crippen molar-refractivity contribution < 1.29 is 14.6 Å². The van der Waals surface area contributed by atoms with Gasteiger partial charge in [0.15, 0.2) is 5.78 Å². The first-order chi connectivity index (χ1) is 13.5. The minimum atomic E-state index is -0.645. The number of nitrogens with zero attached hydrogens (tertiary/aromatic N) is 4. The number of hydrogen-bond donors (Lipinski definition) is 1. The fourth-order valence-corrected chi connectivity index (χ4v) is 3.42. The summed E-state index contributed by atoms with van der Waals surface area (Å²) < 4.78 is 7.63. The molecule has 1 aliphatic heterocycles. The van der Waals surface area contributed by atoms with Crippen LogP contribution in [0.15, 0.2) is 42.7 Å². The van der Waals surface area contributed by atoms with Crippen LogP contribution in [0.5, 0.6) is 0 Å². The van der Waals surface area contributed by atoms with Crippen molar-refractivity contribution in [3.8, 4) is 0 Å². The lowest BCUT2D eigenvalue weighted by atomic mass is 10.0. The van der Waals surface area contributed by atoms with Crippen LogP contribution < -0.4 is 0 Å². The highest BCUT2D eigenvalue weighted by molar-refractivity contribution is 5.99. The third-order valence-corrected chi connectivity index (χ3v) is 5.08. The molecular formula is C21H30N4O3. The molecule has 0 aliphatic carbocycles. The first-order valence-electron chi connectivity index (χ1n) is 9.78. The lowest BCUT2D eigenvalue weighted by Crippen LogP contribution is -2.47. The zero-order chi connectivity index (χ0) is 19.9. The summed E-state index contributed by atoms with van der Waals surface area (Å²) in [7, 11) is 3.95. The van der Waals surface area contributed by atoms with E-state index in [1.807, 2.05) is 31.4 Å². The van der Waals surface area contributed by atoms with Crippen LogP contribution in [0.1, 0.15) is 15.9 Å². The second-order valence-corrected chi connectivity index (χ2v) is 7.54. The normalized spacial score (nSPS) is 18.1. The Kier molecular flexibility index (Phi) is 7.33. The molecule has 1 N–H and O–H groups in total. The van der Waals surface area contributed by atoms with Crippen LogP contribution in [0.2, 0.25) is 0 Å². The molecule has 1 aromatic carbocycles. The fraction of sp³-hybridized carbons (Fsp3) is 0.524. The molecule has 1 aliphatic rings. The molecule has 0 amide bonds. The summed E-state index contributed by atoms with van der Waals surface area (Å²) in [6, 6.07) is 9.16. The van der Waals surface area contributed by atoms with E-state index in [9.17, 15) is 9.90 Å². The van der Waals surface area contributed by atoms with Gasteiger partial charge in [0.2, 0.25) is 0 Å². The van der Waals surface area contributed by atoms with E-state index in [-0.39, 0.29) is 12.4 Å². The van der Waals surface area contributed by atoms with E-state index in [1.165, 1.54) is 0 Å². The number of Topliss-reactive ketones (excluding diaryl/α,β-unsaturated/α-hetero) is 1. The van der Waals surface area contributed by atoms with Gasteiger partial charge in [0, 0.05) is 58.0 Å². The number of carbonyl (C=O) groups excluding carboxylic acids is 1. The second kappa shape index (κ2) is 9.93. The van der Waals surface area contributed by atoms with Crippen LogP contribution in [0.4, 0.5) is 0 Å². The number of aliphatic hydroxyl groups excluding tert-OH is 1. The van der Waals surface area contributed by atoms with Gasteiger partial charge in [-0.2, -0.15) is 5.10 Å². The number of aromatic nitrogens is 2. The van der Waals surface area contributed by atoms with Gasteiger partial charge in [-0.25, -0.2) is 0 Å². The summed E-state index contributed by atoms with van der Waals surface area (Å²) in [5.41, 5.74) is 1.55. The highest BCUT2D eigenvalue weighted by Crippen LogP contribution is 2.13. The maximum absolute atomic E-state index is 12.9. The summed E-state index contributed by atoms with van der Waals surface area (Å²) in [6.07, 6.45) is 2.80. The summed E-state index contributed by atoms with van der Waals surface area (Å²) in [5.74, 6) is -0.0729. The van der Waals surface area contributed by atoms with Crippen LogP contribution in [0.3, 0.4) is 0 Å². The molecule has 2 unspecified atom stereocenters. The molecule has 7 nitrogen and oxygen atoms in total. The predicted molar refractivity (Wildman–Crippen MR) is 107 cm³/mol. The van der Waals surface area contributed by atoms with Gasteiger partial charge in [-0.05, 0) is 12.6 Å². The van der Waals surface area contributed by atoms with Crippen LogP contribution in [-0.2, 0) is 18.2 Å². The van der Waals surface area contributed by atoms with Crippen molar-refractivity contribution in [2.45, 2.75) is 18.6 Å². The van der Waals surface area contributed by atoms with Gasteiger partial charge in [-0.1, -0.05) is 30.3 Å². The zero-order valence-electron chi connectivity index (χ0n) is 16.7. The molecular weight excluding hydrogens is 356 g/mol. The third-order valence-electron chi connectivity index (χ3n) is 5.08. The Morgan fingerprint density at radius 3 is 2.54 bits per heavy atom. The molecule has 1 fully saturated rings. The Morgan fingerprint density at radius 1 is 1.18 bits per heavy atom. The van der Waals surface area contributed by atoms with Crippen LogP contribution in [-0.4, -0.2) is 89.1 Å². The standard InChI is InChI=1S/C21H30N4O3/c1-23-8-10-25(11-9-23)15-19(26)16-28-20(12-17-13-22-24(2)14-17)21(27)18-6-4-3-5-7-18/h3-7,13-14,19-20,26H,8-12,15-16H2,1-2H3. The van der Waals surface area contributed by atoms with Crippen LogP contribution >= 0.6 is 0 Å². The molecule has 2 aromatic rings. The van der Waals surface area contributed by atoms with E-state index in [1.54, 1.807) is 23.0 Å². The first kappa shape index (κ1) is 20.7. The minimum absolute atomic E-state index is 0.0729. The molecule has 0 bridgehead atoms. The number of carbonyl (C=O) groups is 1. The highest BCUT2D eigenvalue weighted by Gasteiger charge is 2.24. The highest BCUT2D eigenvalue weighted by atomic mass is 16.5. The van der Waals surface area contributed by atoms with Gasteiger partial charge in [0.25, 0.3) is 0 Å². The number of rotatable bonds is 9. The number of ether oxygens (including phenoxy) is 1.